The number of likely N-dealkylation sites (tertiary alicyclic amines) is 1. The Hall–Kier alpha value is -1.67. The number of hydrogen-bond donors (Lipinski definition) is 1. The van der Waals surface area contributed by atoms with Crippen LogP contribution in [0.15, 0.2) is 6.07 Å². The van der Waals surface area contributed by atoms with Gasteiger partial charge in [0.2, 0.25) is 5.95 Å². The van der Waals surface area contributed by atoms with Crippen molar-refractivity contribution in [1.82, 2.24) is 14.9 Å². The maximum atomic E-state index is 8.88. The predicted molar refractivity (Wildman–Crippen MR) is 74.8 cm³/mol. The molecule has 1 aliphatic heterocycles. The third-order valence-corrected chi connectivity index (χ3v) is 3.35. The first kappa shape index (κ1) is 13.8. The van der Waals surface area contributed by atoms with Gasteiger partial charge in [-0.2, -0.15) is 5.26 Å². The van der Waals surface area contributed by atoms with Gasteiger partial charge in [-0.3, -0.25) is 0 Å². The highest BCUT2D eigenvalue weighted by Gasteiger charge is 2.14. The lowest BCUT2D eigenvalue weighted by molar-refractivity contribution is 0.294. The van der Waals surface area contributed by atoms with Gasteiger partial charge in [0, 0.05) is 18.8 Å². The molecule has 1 aromatic heterocycles. The second-order valence-corrected chi connectivity index (χ2v) is 5.32. The SMILES string of the molecule is Cc1cc(C#N)nc(NCC(C)CN2CCCC2)n1. The summed E-state index contributed by atoms with van der Waals surface area (Å²) >= 11 is 0. The van der Waals surface area contributed by atoms with E-state index in [1.165, 1.54) is 25.9 Å². The molecule has 0 aliphatic carbocycles. The van der Waals surface area contributed by atoms with Crippen molar-refractivity contribution in [2.45, 2.75) is 26.7 Å². The highest BCUT2D eigenvalue weighted by molar-refractivity contribution is 5.32. The summed E-state index contributed by atoms with van der Waals surface area (Å²) in [5.41, 5.74) is 1.24. The molecule has 0 bridgehead atoms. The van der Waals surface area contributed by atoms with E-state index in [4.69, 9.17) is 5.26 Å². The molecule has 1 N–H and O–H groups in total. The minimum absolute atomic E-state index is 0.419. The number of aromatic nitrogens is 2. The van der Waals surface area contributed by atoms with Crippen molar-refractivity contribution < 1.29 is 0 Å². The van der Waals surface area contributed by atoms with E-state index < -0.39 is 0 Å². The summed E-state index contributed by atoms with van der Waals surface area (Å²) in [5.74, 6) is 1.11. The number of nitriles is 1. The van der Waals surface area contributed by atoms with E-state index in [1.807, 2.05) is 6.92 Å². The lowest BCUT2D eigenvalue weighted by Gasteiger charge is -2.20. The second-order valence-electron chi connectivity index (χ2n) is 5.32. The minimum Gasteiger partial charge on any atom is -0.354 e. The Balaban J connectivity index is 1.84. The predicted octanol–water partition coefficient (Wildman–Crippen LogP) is 1.80. The Bertz CT molecular complexity index is 459. The van der Waals surface area contributed by atoms with E-state index in [9.17, 15) is 0 Å². The molecule has 5 nitrogen and oxygen atoms in total. The summed E-state index contributed by atoms with van der Waals surface area (Å²) in [7, 11) is 0. The number of hydrogen-bond acceptors (Lipinski definition) is 5. The van der Waals surface area contributed by atoms with Crippen LogP contribution in [0.3, 0.4) is 0 Å². The molecule has 1 aromatic rings. The molecule has 0 spiro atoms. The second kappa shape index (κ2) is 6.48. The third-order valence-electron chi connectivity index (χ3n) is 3.35. The third kappa shape index (κ3) is 4.18. The van der Waals surface area contributed by atoms with Gasteiger partial charge in [0.1, 0.15) is 11.8 Å². The van der Waals surface area contributed by atoms with E-state index in [0.717, 1.165) is 18.8 Å². The molecular weight excluding hydrogens is 238 g/mol. The molecular formula is C14H21N5. The van der Waals surface area contributed by atoms with Crippen LogP contribution in [0.1, 0.15) is 31.2 Å². The van der Waals surface area contributed by atoms with Crippen LogP contribution in [0.5, 0.6) is 0 Å². The molecule has 2 heterocycles. The van der Waals surface area contributed by atoms with Gasteiger partial charge in [-0.15, -0.1) is 0 Å². The lowest BCUT2D eigenvalue weighted by atomic mass is 10.1. The number of aryl methyl sites for hydroxylation is 1. The lowest BCUT2D eigenvalue weighted by Crippen LogP contribution is -2.29. The Morgan fingerprint density at radius 1 is 1.42 bits per heavy atom. The van der Waals surface area contributed by atoms with E-state index in [1.54, 1.807) is 6.07 Å². The summed E-state index contributed by atoms with van der Waals surface area (Å²) in [6.45, 7) is 8.51. The van der Waals surface area contributed by atoms with E-state index in [2.05, 4.69) is 33.2 Å². The molecule has 5 heteroatoms. The molecule has 1 aliphatic rings. The quantitative estimate of drug-likeness (QED) is 0.873. The van der Waals surface area contributed by atoms with Crippen LogP contribution in [-0.4, -0.2) is 41.0 Å². The highest BCUT2D eigenvalue weighted by atomic mass is 15.1. The highest BCUT2D eigenvalue weighted by Crippen LogP contribution is 2.11. The molecule has 1 saturated heterocycles. The number of anilines is 1. The Kier molecular flexibility index (Phi) is 4.69. The zero-order chi connectivity index (χ0) is 13.7. The fraction of sp³-hybridized carbons (Fsp3) is 0.643. The van der Waals surface area contributed by atoms with Crippen molar-refractivity contribution in [1.29, 1.82) is 5.26 Å². The first-order valence-electron chi connectivity index (χ1n) is 6.89. The van der Waals surface area contributed by atoms with Crippen molar-refractivity contribution in [3.8, 4) is 6.07 Å². The summed E-state index contributed by atoms with van der Waals surface area (Å²) in [5, 5.41) is 12.1. The monoisotopic (exact) mass is 259 g/mol. The van der Waals surface area contributed by atoms with Gasteiger partial charge < -0.3 is 10.2 Å². The van der Waals surface area contributed by atoms with Crippen molar-refractivity contribution >= 4 is 5.95 Å². The molecule has 0 radical (unpaired) electrons. The van der Waals surface area contributed by atoms with Crippen LogP contribution in [0.4, 0.5) is 5.95 Å². The van der Waals surface area contributed by atoms with Gasteiger partial charge in [0.25, 0.3) is 0 Å². The molecule has 1 atom stereocenters. The van der Waals surface area contributed by atoms with Gasteiger partial charge in [0.05, 0.1) is 0 Å². The average Bonchev–Trinajstić information content (AvgIpc) is 2.88. The van der Waals surface area contributed by atoms with Crippen molar-refractivity contribution in [2.75, 3.05) is 31.5 Å². The van der Waals surface area contributed by atoms with Crippen LogP contribution in [-0.2, 0) is 0 Å². The van der Waals surface area contributed by atoms with Gasteiger partial charge in [-0.1, -0.05) is 6.92 Å². The van der Waals surface area contributed by atoms with Crippen LogP contribution in [0.25, 0.3) is 0 Å². The van der Waals surface area contributed by atoms with Gasteiger partial charge in [-0.25, -0.2) is 9.97 Å². The average molecular weight is 259 g/mol. The maximum absolute atomic E-state index is 8.88. The standard InChI is InChI=1S/C14H21N5/c1-11(10-19-5-3-4-6-19)9-16-14-17-12(2)7-13(8-15)18-14/h7,11H,3-6,9-10H2,1-2H3,(H,16,17,18). The minimum atomic E-state index is 0.419. The molecule has 19 heavy (non-hydrogen) atoms. The zero-order valence-electron chi connectivity index (χ0n) is 11.7. The van der Waals surface area contributed by atoms with Crippen LogP contribution in [0.2, 0.25) is 0 Å². The summed E-state index contributed by atoms with van der Waals surface area (Å²) in [6.07, 6.45) is 2.65. The number of nitrogens with one attached hydrogen (secondary N) is 1. The molecule has 1 unspecified atom stereocenters. The van der Waals surface area contributed by atoms with Crippen molar-refractivity contribution in [2.24, 2.45) is 5.92 Å². The largest absolute Gasteiger partial charge is 0.354 e. The Labute approximate surface area is 114 Å². The van der Waals surface area contributed by atoms with E-state index in [-0.39, 0.29) is 0 Å². The summed E-state index contributed by atoms with van der Waals surface area (Å²) in [4.78, 5) is 11.0. The fourth-order valence-corrected chi connectivity index (χ4v) is 2.44. The van der Waals surface area contributed by atoms with Gasteiger partial charge >= 0.3 is 0 Å². The fourth-order valence-electron chi connectivity index (χ4n) is 2.44. The maximum Gasteiger partial charge on any atom is 0.224 e. The van der Waals surface area contributed by atoms with Crippen molar-refractivity contribution in [3.05, 3.63) is 17.5 Å². The van der Waals surface area contributed by atoms with Gasteiger partial charge in [-0.05, 0) is 44.8 Å². The molecule has 2 rings (SSSR count). The molecule has 0 amide bonds. The first-order chi connectivity index (χ1) is 9.17. The molecule has 1 fully saturated rings. The molecule has 102 valence electrons. The summed E-state index contributed by atoms with van der Waals surface area (Å²) < 4.78 is 0. The smallest absolute Gasteiger partial charge is 0.224 e. The van der Waals surface area contributed by atoms with E-state index in [0.29, 0.717) is 17.6 Å². The normalized spacial score (nSPS) is 17.1. The van der Waals surface area contributed by atoms with E-state index >= 15 is 0 Å². The number of nitrogens with zero attached hydrogens (tertiary/aromatic N) is 4. The van der Waals surface area contributed by atoms with Crippen molar-refractivity contribution in [3.63, 3.8) is 0 Å². The Morgan fingerprint density at radius 3 is 2.84 bits per heavy atom. The van der Waals surface area contributed by atoms with Crippen LogP contribution < -0.4 is 5.32 Å². The molecule has 0 aromatic carbocycles. The van der Waals surface area contributed by atoms with Crippen LogP contribution >= 0.6 is 0 Å². The van der Waals surface area contributed by atoms with Gasteiger partial charge in [0.15, 0.2) is 0 Å². The topological polar surface area (TPSA) is 64.8 Å². The zero-order valence-corrected chi connectivity index (χ0v) is 11.7. The molecule has 0 saturated carbocycles. The van der Waals surface area contributed by atoms with Crippen LogP contribution in [0, 0.1) is 24.2 Å². The first-order valence-corrected chi connectivity index (χ1v) is 6.89. The summed E-state index contributed by atoms with van der Waals surface area (Å²) in [6, 6.07) is 3.75. The Morgan fingerprint density at radius 2 is 2.16 bits per heavy atom. The number of rotatable bonds is 5.